The van der Waals surface area contributed by atoms with Crippen molar-refractivity contribution in [1.82, 2.24) is 4.90 Å². The van der Waals surface area contributed by atoms with Crippen LogP contribution in [0.3, 0.4) is 0 Å². The molecule has 2 aliphatic rings. The highest BCUT2D eigenvalue weighted by atomic mass is 35.5. The summed E-state index contributed by atoms with van der Waals surface area (Å²) in [5.41, 5.74) is 6.91. The molecule has 1 atom stereocenters. The van der Waals surface area contributed by atoms with Crippen LogP contribution in [0.25, 0.3) is 0 Å². The van der Waals surface area contributed by atoms with E-state index in [1.54, 1.807) is 0 Å². The molecule has 18 heavy (non-hydrogen) atoms. The van der Waals surface area contributed by atoms with Crippen molar-refractivity contribution in [3.8, 4) is 11.5 Å². The van der Waals surface area contributed by atoms with Gasteiger partial charge in [-0.25, -0.2) is 0 Å². The molecule has 0 amide bonds. The predicted molar refractivity (Wildman–Crippen MR) is 69.2 cm³/mol. The molecule has 0 fully saturated rings. The average molecular weight is 268 g/mol. The third-order valence-electron chi connectivity index (χ3n) is 3.27. The number of likely N-dealkylation sites (N-methyl/N-ethyl adjacent to an activating group) is 1. The first kappa shape index (κ1) is 11.5. The van der Waals surface area contributed by atoms with E-state index < -0.39 is 0 Å². The summed E-state index contributed by atoms with van der Waals surface area (Å²) in [5, 5.41) is 0.571. The smallest absolute Gasteiger partial charge is 0.231 e. The number of hydrogen-bond acceptors (Lipinski definition) is 5. The molecule has 96 valence electrons. The highest BCUT2D eigenvalue weighted by molar-refractivity contribution is 6.32. The van der Waals surface area contributed by atoms with Crippen LogP contribution in [0.4, 0.5) is 0 Å². The van der Waals surface area contributed by atoms with Crippen molar-refractivity contribution >= 4 is 17.6 Å². The van der Waals surface area contributed by atoms with E-state index in [2.05, 4.69) is 11.9 Å². The molecular weight excluding hydrogens is 254 g/mol. The number of rotatable bonds is 2. The minimum atomic E-state index is 0.127. The van der Waals surface area contributed by atoms with E-state index in [4.69, 9.17) is 26.8 Å². The number of nitrogens with zero attached hydrogens (tertiary/aromatic N) is 2. The van der Waals surface area contributed by atoms with Crippen molar-refractivity contribution in [3.63, 3.8) is 0 Å². The van der Waals surface area contributed by atoms with Crippen LogP contribution in [0.1, 0.15) is 18.5 Å². The number of benzene rings is 1. The van der Waals surface area contributed by atoms with Crippen LogP contribution in [0.5, 0.6) is 11.5 Å². The summed E-state index contributed by atoms with van der Waals surface area (Å²) < 4.78 is 10.7. The van der Waals surface area contributed by atoms with Gasteiger partial charge < -0.3 is 20.1 Å². The maximum atomic E-state index is 6.19. The lowest BCUT2D eigenvalue weighted by Gasteiger charge is -2.25. The lowest BCUT2D eigenvalue weighted by atomic mass is 10.1. The molecule has 2 heterocycles. The molecule has 1 aromatic carbocycles. The summed E-state index contributed by atoms with van der Waals surface area (Å²) in [4.78, 5) is 6.32. The van der Waals surface area contributed by atoms with E-state index in [9.17, 15) is 0 Å². The number of hydrogen-bond donors (Lipinski definition) is 1. The maximum absolute atomic E-state index is 6.19. The first-order valence-corrected chi connectivity index (χ1v) is 6.24. The van der Waals surface area contributed by atoms with Gasteiger partial charge in [-0.05, 0) is 24.6 Å². The molecule has 0 aliphatic carbocycles. The summed E-state index contributed by atoms with van der Waals surface area (Å²) in [6, 6.07) is 3.98. The molecule has 0 saturated heterocycles. The number of ether oxygens (including phenoxy) is 2. The Labute approximate surface area is 110 Å². The van der Waals surface area contributed by atoms with Crippen LogP contribution < -0.4 is 15.2 Å². The van der Waals surface area contributed by atoms with Gasteiger partial charge in [0.05, 0.1) is 17.6 Å². The Morgan fingerprint density at radius 1 is 1.50 bits per heavy atom. The minimum Gasteiger partial charge on any atom is -0.454 e. The number of nitrogens with two attached hydrogens (primary N) is 1. The Bertz CT molecular complexity index is 518. The molecule has 6 heteroatoms. The zero-order chi connectivity index (χ0) is 12.7. The fourth-order valence-corrected chi connectivity index (χ4v) is 2.65. The van der Waals surface area contributed by atoms with Gasteiger partial charge in [0.1, 0.15) is 0 Å². The molecule has 0 bridgehead atoms. The third-order valence-corrected chi connectivity index (χ3v) is 3.55. The Hall–Kier alpha value is -1.62. The summed E-state index contributed by atoms with van der Waals surface area (Å²) in [7, 11) is 0. The highest BCUT2D eigenvalue weighted by Gasteiger charge is 2.29. The van der Waals surface area contributed by atoms with E-state index in [0.717, 1.165) is 12.1 Å². The van der Waals surface area contributed by atoms with Crippen molar-refractivity contribution < 1.29 is 9.47 Å². The van der Waals surface area contributed by atoms with Crippen molar-refractivity contribution in [2.75, 3.05) is 19.9 Å². The lowest BCUT2D eigenvalue weighted by Crippen LogP contribution is -2.35. The standard InChI is InChI=1S/C12H14ClN3O2/c1-2-16-9(5-15-12(16)14)7-3-8(13)11-10(4-7)17-6-18-11/h3-4,9H,2,5-6H2,1H3,(H2,14,15). The van der Waals surface area contributed by atoms with Crippen molar-refractivity contribution in [3.05, 3.63) is 22.7 Å². The van der Waals surface area contributed by atoms with E-state index in [-0.39, 0.29) is 12.8 Å². The first-order valence-electron chi connectivity index (χ1n) is 5.86. The second-order valence-electron chi connectivity index (χ2n) is 4.24. The Morgan fingerprint density at radius 2 is 2.33 bits per heavy atom. The van der Waals surface area contributed by atoms with E-state index in [1.807, 2.05) is 17.0 Å². The van der Waals surface area contributed by atoms with Crippen LogP contribution >= 0.6 is 11.6 Å². The van der Waals surface area contributed by atoms with E-state index in [1.165, 1.54) is 0 Å². The molecule has 2 aliphatic heterocycles. The molecule has 1 aromatic rings. The molecule has 0 aromatic heterocycles. The number of guanidine groups is 1. The minimum absolute atomic E-state index is 0.127. The number of aliphatic imine (C=N–C) groups is 1. The van der Waals surface area contributed by atoms with Gasteiger partial charge in [0.2, 0.25) is 6.79 Å². The van der Waals surface area contributed by atoms with Crippen LogP contribution in [0.2, 0.25) is 5.02 Å². The fourth-order valence-electron chi connectivity index (χ4n) is 2.38. The van der Waals surface area contributed by atoms with Gasteiger partial charge in [-0.3, -0.25) is 4.99 Å². The fraction of sp³-hybridized carbons (Fsp3) is 0.417. The molecule has 0 radical (unpaired) electrons. The topological polar surface area (TPSA) is 60.1 Å². The van der Waals surface area contributed by atoms with E-state index in [0.29, 0.717) is 29.0 Å². The van der Waals surface area contributed by atoms with Gasteiger partial charge in [-0.1, -0.05) is 11.6 Å². The number of fused-ring (bicyclic) bond motifs is 1. The molecule has 0 saturated carbocycles. The van der Waals surface area contributed by atoms with Crippen LogP contribution in [-0.4, -0.2) is 30.7 Å². The van der Waals surface area contributed by atoms with Crippen LogP contribution in [0, 0.1) is 0 Å². The summed E-state index contributed by atoms with van der Waals surface area (Å²) >= 11 is 6.19. The Balaban J connectivity index is 1.96. The van der Waals surface area contributed by atoms with Crippen molar-refractivity contribution in [1.29, 1.82) is 0 Å². The van der Waals surface area contributed by atoms with Gasteiger partial charge in [0, 0.05) is 6.54 Å². The van der Waals surface area contributed by atoms with Crippen LogP contribution in [0.15, 0.2) is 17.1 Å². The molecular formula is C12H14ClN3O2. The first-order chi connectivity index (χ1) is 8.70. The largest absolute Gasteiger partial charge is 0.454 e. The van der Waals surface area contributed by atoms with Crippen molar-refractivity contribution in [2.24, 2.45) is 10.7 Å². The SMILES string of the molecule is CCN1C(N)=NCC1c1cc(Cl)c2c(c1)OCO2. The van der Waals surface area contributed by atoms with E-state index >= 15 is 0 Å². The zero-order valence-corrected chi connectivity index (χ0v) is 10.8. The van der Waals surface area contributed by atoms with Crippen LogP contribution in [-0.2, 0) is 0 Å². The number of halogens is 1. The molecule has 2 N–H and O–H groups in total. The summed E-state index contributed by atoms with van der Waals surface area (Å²) in [6.07, 6.45) is 0. The summed E-state index contributed by atoms with van der Waals surface area (Å²) in [6.45, 7) is 3.73. The predicted octanol–water partition coefficient (Wildman–Crippen LogP) is 1.76. The van der Waals surface area contributed by atoms with Gasteiger partial charge in [0.15, 0.2) is 17.5 Å². The normalized spacial score (nSPS) is 21.3. The van der Waals surface area contributed by atoms with Crippen molar-refractivity contribution in [2.45, 2.75) is 13.0 Å². The second-order valence-corrected chi connectivity index (χ2v) is 4.64. The highest BCUT2D eigenvalue weighted by Crippen LogP contribution is 2.42. The van der Waals surface area contributed by atoms with Gasteiger partial charge in [0.25, 0.3) is 0 Å². The lowest BCUT2D eigenvalue weighted by molar-refractivity contribution is 0.174. The Kier molecular flexibility index (Phi) is 2.70. The average Bonchev–Trinajstić information content (AvgIpc) is 2.95. The maximum Gasteiger partial charge on any atom is 0.231 e. The Morgan fingerprint density at radius 3 is 3.11 bits per heavy atom. The monoisotopic (exact) mass is 267 g/mol. The molecule has 1 unspecified atom stereocenters. The van der Waals surface area contributed by atoms with Gasteiger partial charge in [-0.2, -0.15) is 0 Å². The molecule has 3 rings (SSSR count). The molecule has 0 spiro atoms. The third kappa shape index (κ3) is 1.66. The second kappa shape index (κ2) is 4.24. The van der Waals surface area contributed by atoms with Gasteiger partial charge in [-0.15, -0.1) is 0 Å². The van der Waals surface area contributed by atoms with Gasteiger partial charge >= 0.3 is 0 Å². The molecule has 5 nitrogen and oxygen atoms in total. The summed E-state index contributed by atoms with van der Waals surface area (Å²) in [5.74, 6) is 1.89. The quantitative estimate of drug-likeness (QED) is 0.887. The zero-order valence-electron chi connectivity index (χ0n) is 10.0.